The molecule has 1 amide bonds. The molecule has 0 aliphatic heterocycles. The van der Waals surface area contributed by atoms with E-state index in [1.165, 1.54) is 12.8 Å². The fourth-order valence-electron chi connectivity index (χ4n) is 2.67. The van der Waals surface area contributed by atoms with Crippen LogP contribution in [-0.2, 0) is 11.3 Å². The van der Waals surface area contributed by atoms with Crippen molar-refractivity contribution in [1.82, 2.24) is 16.0 Å². The lowest BCUT2D eigenvalue weighted by Gasteiger charge is -2.14. The van der Waals surface area contributed by atoms with Crippen LogP contribution >= 0.6 is 11.6 Å². The first-order chi connectivity index (χ1) is 11.2. The van der Waals surface area contributed by atoms with Crippen LogP contribution in [0.4, 0.5) is 0 Å². The van der Waals surface area contributed by atoms with E-state index in [1.54, 1.807) is 7.05 Å². The molecule has 0 atom stereocenters. The predicted octanol–water partition coefficient (Wildman–Crippen LogP) is 2.45. The van der Waals surface area contributed by atoms with E-state index in [0.717, 1.165) is 23.4 Å². The average molecular weight is 337 g/mol. The van der Waals surface area contributed by atoms with Gasteiger partial charge in [0.1, 0.15) is 0 Å². The van der Waals surface area contributed by atoms with Gasteiger partial charge < -0.3 is 16.0 Å². The summed E-state index contributed by atoms with van der Waals surface area (Å²) in [4.78, 5) is 16.0. The zero-order valence-electron chi connectivity index (χ0n) is 13.6. The molecule has 0 unspecified atom stereocenters. The van der Waals surface area contributed by atoms with Gasteiger partial charge in [-0.3, -0.25) is 9.79 Å². The van der Waals surface area contributed by atoms with Crippen LogP contribution in [0.3, 0.4) is 0 Å². The summed E-state index contributed by atoms with van der Waals surface area (Å²) < 4.78 is 0. The van der Waals surface area contributed by atoms with E-state index >= 15 is 0 Å². The maximum absolute atomic E-state index is 11.9. The maximum Gasteiger partial charge on any atom is 0.221 e. The number of hydrogen-bond acceptors (Lipinski definition) is 2. The number of nitrogens with zero attached hydrogens (tertiary/aromatic N) is 1. The van der Waals surface area contributed by atoms with E-state index in [0.29, 0.717) is 31.5 Å². The van der Waals surface area contributed by atoms with Gasteiger partial charge in [-0.15, -0.1) is 0 Å². The molecule has 1 aliphatic carbocycles. The van der Waals surface area contributed by atoms with Crippen molar-refractivity contribution in [3.63, 3.8) is 0 Å². The molecule has 2 rings (SSSR count). The molecule has 0 saturated heterocycles. The number of guanidine groups is 1. The van der Waals surface area contributed by atoms with Crippen LogP contribution < -0.4 is 16.0 Å². The third-order valence-corrected chi connectivity index (χ3v) is 4.21. The van der Waals surface area contributed by atoms with E-state index in [-0.39, 0.29) is 5.91 Å². The van der Waals surface area contributed by atoms with Crippen LogP contribution in [0, 0.1) is 0 Å². The highest BCUT2D eigenvalue weighted by atomic mass is 35.5. The zero-order chi connectivity index (χ0) is 16.5. The number of hydrogen-bond donors (Lipinski definition) is 3. The van der Waals surface area contributed by atoms with Gasteiger partial charge in [0.2, 0.25) is 5.91 Å². The summed E-state index contributed by atoms with van der Waals surface area (Å²) in [7, 11) is 1.72. The van der Waals surface area contributed by atoms with E-state index in [9.17, 15) is 4.79 Å². The summed E-state index contributed by atoms with van der Waals surface area (Å²) in [6.07, 6.45) is 5.14. The highest BCUT2D eigenvalue weighted by Gasteiger charge is 2.16. The van der Waals surface area contributed by atoms with Crippen LogP contribution in [-0.4, -0.2) is 31.5 Å². The van der Waals surface area contributed by atoms with E-state index in [1.807, 2.05) is 24.3 Å². The first kappa shape index (κ1) is 17.6. The van der Waals surface area contributed by atoms with Gasteiger partial charge in [0.15, 0.2) is 5.96 Å². The highest BCUT2D eigenvalue weighted by Crippen LogP contribution is 2.17. The second-order valence-electron chi connectivity index (χ2n) is 5.78. The van der Waals surface area contributed by atoms with Gasteiger partial charge in [0.05, 0.1) is 0 Å². The van der Waals surface area contributed by atoms with Gasteiger partial charge in [-0.05, 0) is 30.5 Å². The van der Waals surface area contributed by atoms with Crippen LogP contribution in [0.2, 0.25) is 5.02 Å². The van der Waals surface area contributed by atoms with E-state index < -0.39 is 0 Å². The van der Waals surface area contributed by atoms with Crippen LogP contribution in [0.25, 0.3) is 0 Å². The summed E-state index contributed by atoms with van der Waals surface area (Å²) in [5, 5.41) is 10.2. The molecule has 1 aromatic rings. The molecule has 0 spiro atoms. The molecule has 0 heterocycles. The van der Waals surface area contributed by atoms with E-state index in [4.69, 9.17) is 11.6 Å². The maximum atomic E-state index is 11.9. The van der Waals surface area contributed by atoms with Crippen molar-refractivity contribution in [3.05, 3.63) is 34.9 Å². The van der Waals surface area contributed by atoms with Crippen molar-refractivity contribution >= 4 is 23.5 Å². The van der Waals surface area contributed by atoms with Gasteiger partial charge >= 0.3 is 0 Å². The molecule has 1 aliphatic rings. The van der Waals surface area contributed by atoms with Crippen LogP contribution in [0.1, 0.15) is 37.7 Å². The molecule has 0 radical (unpaired) electrons. The molecule has 23 heavy (non-hydrogen) atoms. The fourth-order valence-corrected chi connectivity index (χ4v) is 2.80. The van der Waals surface area contributed by atoms with Gasteiger partial charge in [-0.1, -0.05) is 36.6 Å². The fraction of sp³-hybridized carbons (Fsp3) is 0.529. The Labute approximate surface area is 142 Å². The monoisotopic (exact) mass is 336 g/mol. The lowest BCUT2D eigenvalue weighted by Crippen LogP contribution is -2.40. The van der Waals surface area contributed by atoms with Crippen molar-refractivity contribution in [3.8, 4) is 0 Å². The van der Waals surface area contributed by atoms with Crippen LogP contribution in [0.5, 0.6) is 0 Å². The van der Waals surface area contributed by atoms with Crippen molar-refractivity contribution in [2.75, 3.05) is 13.6 Å². The topological polar surface area (TPSA) is 65.5 Å². The molecule has 0 bridgehead atoms. The van der Waals surface area contributed by atoms with Gasteiger partial charge in [0, 0.05) is 37.6 Å². The highest BCUT2D eigenvalue weighted by molar-refractivity contribution is 6.30. The molecule has 1 saturated carbocycles. The third kappa shape index (κ3) is 6.48. The number of aliphatic imine (C=N–C) groups is 1. The standard InChI is InChI=1S/C17H25ClN4O/c1-19-17(21-12-13-6-8-14(18)9-7-13)20-11-10-16(23)22-15-4-2-3-5-15/h6-9,15H,2-5,10-12H2,1H3,(H,22,23)(H2,19,20,21). The molecular formula is C17H25ClN4O. The minimum atomic E-state index is 0.109. The number of halogens is 1. The summed E-state index contributed by atoms with van der Waals surface area (Å²) >= 11 is 5.87. The number of amides is 1. The molecule has 1 fully saturated rings. The smallest absolute Gasteiger partial charge is 0.221 e. The second kappa shape index (κ2) is 9.40. The van der Waals surface area contributed by atoms with Gasteiger partial charge in [-0.2, -0.15) is 0 Å². The lowest BCUT2D eigenvalue weighted by molar-refractivity contribution is -0.121. The number of nitrogens with one attached hydrogen (secondary N) is 3. The molecular weight excluding hydrogens is 312 g/mol. The largest absolute Gasteiger partial charge is 0.356 e. The summed E-state index contributed by atoms with van der Waals surface area (Å²) in [5.41, 5.74) is 1.12. The summed E-state index contributed by atoms with van der Waals surface area (Å²) in [6.45, 7) is 1.23. The summed E-state index contributed by atoms with van der Waals surface area (Å²) in [6, 6.07) is 8.05. The molecule has 126 valence electrons. The average Bonchev–Trinajstić information content (AvgIpc) is 3.05. The Kier molecular flexibility index (Phi) is 7.20. The Morgan fingerprint density at radius 2 is 1.91 bits per heavy atom. The van der Waals surface area contributed by atoms with E-state index in [2.05, 4.69) is 20.9 Å². The third-order valence-electron chi connectivity index (χ3n) is 3.96. The SMILES string of the molecule is CN=C(NCCC(=O)NC1CCCC1)NCc1ccc(Cl)cc1. The predicted molar refractivity (Wildman–Crippen MR) is 94.7 cm³/mol. The van der Waals surface area contributed by atoms with Crippen molar-refractivity contribution < 1.29 is 4.79 Å². The molecule has 6 heteroatoms. The Morgan fingerprint density at radius 3 is 2.57 bits per heavy atom. The van der Waals surface area contributed by atoms with Crippen molar-refractivity contribution in [2.24, 2.45) is 4.99 Å². The number of rotatable bonds is 6. The Hall–Kier alpha value is -1.75. The molecule has 1 aromatic carbocycles. The zero-order valence-corrected chi connectivity index (χ0v) is 14.3. The molecule has 0 aromatic heterocycles. The van der Waals surface area contributed by atoms with Gasteiger partial charge in [0.25, 0.3) is 0 Å². The molecule has 3 N–H and O–H groups in total. The van der Waals surface area contributed by atoms with Gasteiger partial charge in [-0.25, -0.2) is 0 Å². The quantitative estimate of drug-likeness (QED) is 0.552. The normalized spacial score (nSPS) is 15.5. The summed E-state index contributed by atoms with van der Waals surface area (Å²) in [5.74, 6) is 0.797. The molecule has 5 nitrogen and oxygen atoms in total. The Morgan fingerprint density at radius 1 is 1.22 bits per heavy atom. The minimum absolute atomic E-state index is 0.109. The van der Waals surface area contributed by atoms with Crippen molar-refractivity contribution in [2.45, 2.75) is 44.7 Å². The second-order valence-corrected chi connectivity index (χ2v) is 6.21. The number of carbonyl (C=O) groups excluding carboxylic acids is 1. The first-order valence-corrected chi connectivity index (χ1v) is 8.53. The van der Waals surface area contributed by atoms with Crippen LogP contribution in [0.15, 0.2) is 29.3 Å². The first-order valence-electron chi connectivity index (χ1n) is 8.15. The lowest BCUT2D eigenvalue weighted by atomic mass is 10.2. The van der Waals surface area contributed by atoms with Crippen molar-refractivity contribution in [1.29, 1.82) is 0 Å². The number of carbonyl (C=O) groups is 1. The number of benzene rings is 1. The minimum Gasteiger partial charge on any atom is -0.356 e. The Bertz CT molecular complexity index is 524. The Balaban J connectivity index is 1.64.